The first-order valence-electron chi connectivity index (χ1n) is 5.23. The van der Waals surface area contributed by atoms with E-state index in [-0.39, 0.29) is 5.97 Å². The van der Waals surface area contributed by atoms with E-state index in [1.165, 1.54) is 7.11 Å². The first-order chi connectivity index (χ1) is 7.74. The van der Waals surface area contributed by atoms with E-state index in [4.69, 9.17) is 10.5 Å². The molecule has 0 saturated heterocycles. The minimum atomic E-state index is -0.376. The topological polar surface area (TPSA) is 68.5 Å². The quantitative estimate of drug-likeness (QED) is 0.742. The maximum Gasteiger partial charge on any atom is 0.341 e. The summed E-state index contributed by atoms with van der Waals surface area (Å²) in [4.78, 5) is 17.7. The van der Waals surface area contributed by atoms with E-state index >= 15 is 0 Å². The molecule has 1 heterocycles. The van der Waals surface area contributed by atoms with Crippen LogP contribution in [-0.2, 0) is 4.74 Å². The molecule has 0 bridgehead atoms. The van der Waals surface area contributed by atoms with Crippen LogP contribution < -0.4 is 10.6 Å². The Morgan fingerprint density at radius 3 is 2.94 bits per heavy atom. The number of rotatable bonds is 5. The Bertz CT molecular complexity index is 355. The van der Waals surface area contributed by atoms with Gasteiger partial charge >= 0.3 is 5.97 Å². The molecule has 0 saturated carbocycles. The molecule has 16 heavy (non-hydrogen) atoms. The first kappa shape index (κ1) is 12.4. The van der Waals surface area contributed by atoms with Gasteiger partial charge in [0.2, 0.25) is 0 Å². The van der Waals surface area contributed by atoms with Crippen molar-refractivity contribution in [2.24, 2.45) is 5.73 Å². The Balaban J connectivity index is 3.05. The standard InChI is InChI=1S/C11H17N3O2/c1-3-14(8-6-12)10-9(11(15)16-2)5-4-7-13-10/h4-5,7H,3,6,8,12H2,1-2H3. The van der Waals surface area contributed by atoms with Crippen molar-refractivity contribution >= 4 is 11.8 Å². The van der Waals surface area contributed by atoms with Crippen LogP contribution >= 0.6 is 0 Å². The maximum atomic E-state index is 11.5. The lowest BCUT2D eigenvalue weighted by molar-refractivity contribution is 0.0601. The van der Waals surface area contributed by atoms with Crippen LogP contribution in [0.5, 0.6) is 0 Å². The third-order valence-corrected chi connectivity index (χ3v) is 2.27. The van der Waals surface area contributed by atoms with Crippen molar-refractivity contribution in [3.63, 3.8) is 0 Å². The summed E-state index contributed by atoms with van der Waals surface area (Å²) >= 11 is 0. The molecule has 0 amide bonds. The zero-order chi connectivity index (χ0) is 12.0. The van der Waals surface area contributed by atoms with E-state index in [1.807, 2.05) is 11.8 Å². The van der Waals surface area contributed by atoms with Crippen molar-refractivity contribution in [2.75, 3.05) is 31.6 Å². The van der Waals surface area contributed by atoms with Crippen LogP contribution in [0.15, 0.2) is 18.3 Å². The molecular formula is C11H17N3O2. The lowest BCUT2D eigenvalue weighted by Crippen LogP contribution is -2.31. The molecule has 0 fully saturated rings. The molecule has 88 valence electrons. The SMILES string of the molecule is CCN(CCN)c1ncccc1C(=O)OC. The zero-order valence-electron chi connectivity index (χ0n) is 9.64. The highest BCUT2D eigenvalue weighted by molar-refractivity contribution is 5.94. The molecule has 0 radical (unpaired) electrons. The van der Waals surface area contributed by atoms with E-state index in [2.05, 4.69) is 4.98 Å². The highest BCUT2D eigenvalue weighted by Gasteiger charge is 2.16. The van der Waals surface area contributed by atoms with Gasteiger partial charge in [0.05, 0.1) is 7.11 Å². The summed E-state index contributed by atoms with van der Waals surface area (Å²) < 4.78 is 4.71. The zero-order valence-corrected chi connectivity index (χ0v) is 9.64. The van der Waals surface area contributed by atoms with Crippen LogP contribution in [0, 0.1) is 0 Å². The number of nitrogens with two attached hydrogens (primary N) is 1. The molecule has 5 heteroatoms. The molecule has 0 aromatic carbocycles. The normalized spacial score (nSPS) is 9.94. The number of carbonyl (C=O) groups excluding carboxylic acids is 1. The molecule has 0 aliphatic rings. The van der Waals surface area contributed by atoms with Crippen molar-refractivity contribution in [1.29, 1.82) is 0 Å². The number of nitrogens with zero attached hydrogens (tertiary/aromatic N) is 2. The molecule has 1 aromatic heterocycles. The lowest BCUT2D eigenvalue weighted by Gasteiger charge is -2.22. The first-order valence-corrected chi connectivity index (χ1v) is 5.23. The predicted octanol–water partition coefficient (Wildman–Crippen LogP) is 0.653. The molecule has 0 atom stereocenters. The van der Waals surface area contributed by atoms with Gasteiger partial charge in [-0.25, -0.2) is 9.78 Å². The minimum absolute atomic E-state index is 0.376. The van der Waals surface area contributed by atoms with Crippen molar-refractivity contribution in [2.45, 2.75) is 6.92 Å². The Labute approximate surface area is 95.2 Å². The number of esters is 1. The number of pyridine rings is 1. The summed E-state index contributed by atoms with van der Waals surface area (Å²) in [7, 11) is 1.36. The Hall–Kier alpha value is -1.62. The second-order valence-electron chi connectivity index (χ2n) is 3.23. The Morgan fingerprint density at radius 2 is 2.38 bits per heavy atom. The molecular weight excluding hydrogens is 206 g/mol. The summed E-state index contributed by atoms with van der Waals surface area (Å²) in [5.74, 6) is 0.251. The Kier molecular flexibility index (Phi) is 4.72. The summed E-state index contributed by atoms with van der Waals surface area (Å²) in [5, 5.41) is 0. The fourth-order valence-electron chi connectivity index (χ4n) is 1.49. The molecule has 0 unspecified atom stereocenters. The van der Waals surface area contributed by atoms with Crippen LogP contribution in [0.4, 0.5) is 5.82 Å². The largest absolute Gasteiger partial charge is 0.465 e. The fraction of sp³-hybridized carbons (Fsp3) is 0.455. The predicted molar refractivity (Wildman–Crippen MR) is 62.5 cm³/mol. The number of anilines is 1. The number of aromatic nitrogens is 1. The molecule has 0 aliphatic heterocycles. The summed E-state index contributed by atoms with van der Waals surface area (Å²) in [6, 6.07) is 3.42. The van der Waals surface area contributed by atoms with Gasteiger partial charge in [-0.1, -0.05) is 0 Å². The van der Waals surface area contributed by atoms with Crippen LogP contribution in [0.2, 0.25) is 0 Å². The fourth-order valence-corrected chi connectivity index (χ4v) is 1.49. The monoisotopic (exact) mass is 223 g/mol. The number of hydrogen-bond acceptors (Lipinski definition) is 5. The molecule has 0 aliphatic carbocycles. The van der Waals surface area contributed by atoms with E-state index in [0.717, 1.165) is 6.54 Å². The van der Waals surface area contributed by atoms with Crippen molar-refractivity contribution in [3.8, 4) is 0 Å². The molecule has 1 rings (SSSR count). The molecule has 2 N–H and O–H groups in total. The third-order valence-electron chi connectivity index (χ3n) is 2.27. The van der Waals surface area contributed by atoms with Crippen molar-refractivity contribution < 1.29 is 9.53 Å². The Morgan fingerprint density at radius 1 is 1.62 bits per heavy atom. The highest BCUT2D eigenvalue weighted by Crippen LogP contribution is 2.17. The van der Waals surface area contributed by atoms with Gasteiger partial charge in [0, 0.05) is 25.8 Å². The minimum Gasteiger partial charge on any atom is -0.465 e. The van der Waals surface area contributed by atoms with Gasteiger partial charge in [-0.15, -0.1) is 0 Å². The lowest BCUT2D eigenvalue weighted by atomic mass is 10.2. The van der Waals surface area contributed by atoms with E-state index in [0.29, 0.717) is 24.5 Å². The molecule has 5 nitrogen and oxygen atoms in total. The number of ether oxygens (including phenoxy) is 1. The number of hydrogen-bond donors (Lipinski definition) is 1. The van der Waals surface area contributed by atoms with Crippen LogP contribution in [0.25, 0.3) is 0 Å². The average molecular weight is 223 g/mol. The van der Waals surface area contributed by atoms with Crippen molar-refractivity contribution in [1.82, 2.24) is 4.98 Å². The molecule has 0 spiro atoms. The smallest absolute Gasteiger partial charge is 0.341 e. The number of methoxy groups -OCH3 is 1. The number of likely N-dealkylation sites (N-methyl/N-ethyl adjacent to an activating group) is 1. The van der Waals surface area contributed by atoms with Crippen LogP contribution in [0.3, 0.4) is 0 Å². The van der Waals surface area contributed by atoms with Gasteiger partial charge in [-0.3, -0.25) is 0 Å². The van der Waals surface area contributed by atoms with Gasteiger partial charge in [0.15, 0.2) is 0 Å². The maximum absolute atomic E-state index is 11.5. The van der Waals surface area contributed by atoms with E-state index in [1.54, 1.807) is 18.3 Å². The average Bonchev–Trinajstić information content (AvgIpc) is 2.35. The van der Waals surface area contributed by atoms with E-state index < -0.39 is 0 Å². The van der Waals surface area contributed by atoms with E-state index in [9.17, 15) is 4.79 Å². The van der Waals surface area contributed by atoms with Crippen LogP contribution in [0.1, 0.15) is 17.3 Å². The molecule has 1 aromatic rings. The van der Waals surface area contributed by atoms with Gasteiger partial charge in [-0.2, -0.15) is 0 Å². The van der Waals surface area contributed by atoms with Crippen LogP contribution in [-0.4, -0.2) is 37.7 Å². The van der Waals surface area contributed by atoms with Gasteiger partial charge in [0.1, 0.15) is 11.4 Å². The van der Waals surface area contributed by atoms with Gasteiger partial charge in [0.25, 0.3) is 0 Å². The summed E-state index contributed by atoms with van der Waals surface area (Å²) in [6.07, 6.45) is 1.65. The van der Waals surface area contributed by atoms with Gasteiger partial charge < -0.3 is 15.4 Å². The third kappa shape index (κ3) is 2.70. The second-order valence-corrected chi connectivity index (χ2v) is 3.23. The highest BCUT2D eigenvalue weighted by atomic mass is 16.5. The van der Waals surface area contributed by atoms with Gasteiger partial charge in [-0.05, 0) is 19.1 Å². The number of carbonyl (C=O) groups is 1. The van der Waals surface area contributed by atoms with Crippen molar-refractivity contribution in [3.05, 3.63) is 23.9 Å². The summed E-state index contributed by atoms with van der Waals surface area (Å²) in [5.41, 5.74) is 5.99. The summed E-state index contributed by atoms with van der Waals surface area (Å²) in [6.45, 7) is 3.92. The second kappa shape index (κ2) is 6.07.